The van der Waals surface area contributed by atoms with Crippen LogP contribution in [0.2, 0.25) is 0 Å². The molecule has 0 bridgehead atoms. The van der Waals surface area contributed by atoms with Gasteiger partial charge < -0.3 is 5.32 Å². The topological polar surface area (TPSA) is 71.1 Å². The first-order valence-corrected chi connectivity index (χ1v) is 8.87. The summed E-state index contributed by atoms with van der Waals surface area (Å²) in [6.45, 7) is 3.71. The predicted octanol–water partition coefficient (Wildman–Crippen LogP) is 4.68. The smallest absolute Gasteiger partial charge is 0.267 e. The lowest BCUT2D eigenvalue weighted by Gasteiger charge is -2.10. The Bertz CT molecular complexity index is 1040. The zero-order chi connectivity index (χ0) is 20.4. The second-order valence-electron chi connectivity index (χ2n) is 5.95. The molecule has 0 spiro atoms. The number of hydrogen-bond donors (Lipinski definition) is 2. The Hall–Kier alpha value is -3.20. The van der Waals surface area contributed by atoms with E-state index in [1.807, 2.05) is 32.0 Å². The number of aromatic nitrogens is 1. The van der Waals surface area contributed by atoms with E-state index < -0.39 is 34.8 Å². The average molecular weight is 405 g/mol. The Kier molecular flexibility index (Phi) is 5.46. The summed E-state index contributed by atoms with van der Waals surface area (Å²) >= 11 is 0.836. The molecular formula is C19H14F3N3O2S. The highest BCUT2D eigenvalue weighted by atomic mass is 32.1. The molecule has 5 nitrogen and oxygen atoms in total. The number of aryl methyl sites for hydroxylation is 2. The highest BCUT2D eigenvalue weighted by molar-refractivity contribution is 7.17. The third kappa shape index (κ3) is 4.04. The van der Waals surface area contributed by atoms with Crippen LogP contribution in [0.4, 0.5) is 24.0 Å². The van der Waals surface area contributed by atoms with E-state index >= 15 is 0 Å². The van der Waals surface area contributed by atoms with Gasteiger partial charge >= 0.3 is 0 Å². The van der Waals surface area contributed by atoms with Crippen molar-refractivity contribution in [2.45, 2.75) is 13.8 Å². The SMILES string of the molecule is Cc1cccc(C)c1NC(=O)c1cnc(NC(=O)c2c(F)cc(F)cc2F)s1. The molecule has 0 aliphatic carbocycles. The van der Waals surface area contributed by atoms with Gasteiger partial charge in [0, 0.05) is 17.8 Å². The molecule has 1 aromatic heterocycles. The summed E-state index contributed by atoms with van der Waals surface area (Å²) in [5.41, 5.74) is 1.50. The van der Waals surface area contributed by atoms with Gasteiger partial charge in [0.25, 0.3) is 11.8 Å². The van der Waals surface area contributed by atoms with Crippen LogP contribution in [0, 0.1) is 31.3 Å². The number of halogens is 3. The summed E-state index contributed by atoms with van der Waals surface area (Å²) < 4.78 is 40.3. The van der Waals surface area contributed by atoms with Gasteiger partial charge in [-0.25, -0.2) is 18.2 Å². The number of rotatable bonds is 4. The number of anilines is 2. The highest BCUT2D eigenvalue weighted by Crippen LogP contribution is 2.24. The molecule has 0 aliphatic heterocycles. The van der Waals surface area contributed by atoms with Gasteiger partial charge in [0.05, 0.1) is 6.20 Å². The first-order chi connectivity index (χ1) is 13.3. The molecule has 3 aromatic rings. The maximum Gasteiger partial charge on any atom is 0.267 e. The fourth-order valence-electron chi connectivity index (χ4n) is 2.54. The zero-order valence-electron chi connectivity index (χ0n) is 14.8. The Labute approximate surface area is 162 Å². The molecule has 2 aromatic carbocycles. The second kappa shape index (κ2) is 7.81. The van der Waals surface area contributed by atoms with E-state index in [-0.39, 0.29) is 10.0 Å². The number of hydrogen-bond acceptors (Lipinski definition) is 4. The Morgan fingerprint density at radius 3 is 2.18 bits per heavy atom. The van der Waals surface area contributed by atoms with Crippen LogP contribution in [-0.2, 0) is 0 Å². The van der Waals surface area contributed by atoms with Crippen molar-refractivity contribution in [3.05, 3.63) is 75.5 Å². The normalized spacial score (nSPS) is 10.6. The number of carbonyl (C=O) groups excluding carboxylic acids is 2. The van der Waals surface area contributed by atoms with Crippen molar-refractivity contribution < 1.29 is 22.8 Å². The fourth-order valence-corrected chi connectivity index (χ4v) is 3.25. The minimum atomic E-state index is -1.33. The third-order valence-corrected chi connectivity index (χ3v) is 4.82. The third-order valence-electron chi connectivity index (χ3n) is 3.90. The van der Waals surface area contributed by atoms with Gasteiger partial charge in [0.15, 0.2) is 5.13 Å². The number of para-hydroxylation sites is 1. The number of nitrogens with one attached hydrogen (secondary N) is 2. The van der Waals surface area contributed by atoms with E-state index in [2.05, 4.69) is 15.6 Å². The lowest BCUT2D eigenvalue weighted by molar-refractivity contribution is 0.101. The van der Waals surface area contributed by atoms with Crippen LogP contribution < -0.4 is 10.6 Å². The molecule has 9 heteroatoms. The maximum atomic E-state index is 13.7. The molecule has 0 saturated carbocycles. The summed E-state index contributed by atoms with van der Waals surface area (Å²) in [5.74, 6) is -5.37. The minimum absolute atomic E-state index is 0.0280. The highest BCUT2D eigenvalue weighted by Gasteiger charge is 2.21. The molecule has 2 N–H and O–H groups in total. The van der Waals surface area contributed by atoms with Gasteiger partial charge in [0.2, 0.25) is 0 Å². The van der Waals surface area contributed by atoms with Gasteiger partial charge in [-0.05, 0) is 25.0 Å². The zero-order valence-corrected chi connectivity index (χ0v) is 15.6. The quantitative estimate of drug-likeness (QED) is 0.662. The van der Waals surface area contributed by atoms with Gasteiger partial charge in [-0.2, -0.15) is 0 Å². The monoisotopic (exact) mass is 405 g/mol. The van der Waals surface area contributed by atoms with Crippen molar-refractivity contribution in [1.82, 2.24) is 4.98 Å². The van der Waals surface area contributed by atoms with Crippen molar-refractivity contribution >= 4 is 34.0 Å². The van der Waals surface area contributed by atoms with Crippen LogP contribution in [0.25, 0.3) is 0 Å². The molecule has 1 heterocycles. The van der Waals surface area contributed by atoms with Crippen molar-refractivity contribution in [2.24, 2.45) is 0 Å². The summed E-state index contributed by atoms with van der Waals surface area (Å²) in [6.07, 6.45) is 1.24. The van der Waals surface area contributed by atoms with E-state index in [9.17, 15) is 22.8 Å². The van der Waals surface area contributed by atoms with Gasteiger partial charge in [-0.15, -0.1) is 0 Å². The lowest BCUT2D eigenvalue weighted by atomic mass is 10.1. The van der Waals surface area contributed by atoms with Crippen LogP contribution >= 0.6 is 11.3 Å². The molecule has 0 fully saturated rings. The van der Waals surface area contributed by atoms with Gasteiger partial charge in [0.1, 0.15) is 27.9 Å². The first-order valence-electron chi connectivity index (χ1n) is 8.05. The Morgan fingerprint density at radius 1 is 0.964 bits per heavy atom. The fraction of sp³-hybridized carbons (Fsp3) is 0.105. The van der Waals surface area contributed by atoms with E-state index in [1.165, 1.54) is 6.20 Å². The van der Waals surface area contributed by atoms with Crippen molar-refractivity contribution in [3.63, 3.8) is 0 Å². The lowest BCUT2D eigenvalue weighted by Crippen LogP contribution is -2.16. The summed E-state index contributed by atoms with van der Waals surface area (Å²) in [4.78, 5) is 28.6. The molecule has 0 radical (unpaired) electrons. The number of benzene rings is 2. The van der Waals surface area contributed by atoms with Crippen molar-refractivity contribution in [1.29, 1.82) is 0 Å². The molecular weight excluding hydrogens is 391 g/mol. The first kappa shape index (κ1) is 19.6. The summed E-state index contributed by atoms with van der Waals surface area (Å²) in [5, 5.41) is 4.95. The molecule has 2 amide bonds. The molecule has 28 heavy (non-hydrogen) atoms. The van der Waals surface area contributed by atoms with Crippen molar-refractivity contribution in [3.8, 4) is 0 Å². The molecule has 0 aliphatic rings. The van der Waals surface area contributed by atoms with E-state index in [4.69, 9.17) is 0 Å². The number of carbonyl (C=O) groups is 2. The summed E-state index contributed by atoms with van der Waals surface area (Å²) in [7, 11) is 0. The van der Waals surface area contributed by atoms with Crippen LogP contribution in [0.5, 0.6) is 0 Å². The number of nitrogens with zero attached hydrogens (tertiary/aromatic N) is 1. The van der Waals surface area contributed by atoms with Crippen LogP contribution in [0.1, 0.15) is 31.2 Å². The largest absolute Gasteiger partial charge is 0.321 e. The number of thiazole rings is 1. The Morgan fingerprint density at radius 2 is 1.57 bits per heavy atom. The van der Waals surface area contributed by atoms with Crippen LogP contribution in [0.3, 0.4) is 0 Å². The average Bonchev–Trinajstić information content (AvgIpc) is 3.05. The predicted molar refractivity (Wildman–Crippen MR) is 100 cm³/mol. The molecule has 0 atom stereocenters. The standard InChI is InChI=1S/C19H14F3N3O2S/c1-9-4-3-5-10(2)16(9)24-17(26)14-8-23-19(28-14)25-18(27)15-12(21)6-11(20)7-13(15)22/h3-8H,1-2H3,(H,24,26)(H,23,25,27). The molecule has 0 unspecified atom stereocenters. The van der Waals surface area contributed by atoms with Gasteiger partial charge in [-0.1, -0.05) is 29.5 Å². The minimum Gasteiger partial charge on any atom is -0.321 e. The van der Waals surface area contributed by atoms with Crippen LogP contribution in [-0.4, -0.2) is 16.8 Å². The van der Waals surface area contributed by atoms with Crippen LogP contribution in [0.15, 0.2) is 36.5 Å². The van der Waals surface area contributed by atoms with E-state index in [0.717, 1.165) is 22.5 Å². The summed E-state index contributed by atoms with van der Waals surface area (Å²) in [6, 6.07) is 6.39. The Balaban J connectivity index is 1.76. The number of amides is 2. The molecule has 0 saturated heterocycles. The maximum absolute atomic E-state index is 13.7. The van der Waals surface area contributed by atoms with Gasteiger partial charge in [-0.3, -0.25) is 14.9 Å². The molecule has 3 rings (SSSR count). The second-order valence-corrected chi connectivity index (χ2v) is 6.98. The van der Waals surface area contributed by atoms with E-state index in [0.29, 0.717) is 17.8 Å². The van der Waals surface area contributed by atoms with Crippen molar-refractivity contribution in [2.75, 3.05) is 10.6 Å². The van der Waals surface area contributed by atoms with E-state index in [1.54, 1.807) is 0 Å². The molecule has 144 valence electrons.